The van der Waals surface area contributed by atoms with Crippen LogP contribution in [0.25, 0.3) is 22.2 Å². The number of H-pyrrole nitrogens is 1. The minimum atomic E-state index is -2.90. The smallest absolute Gasteiger partial charge is 0.150 e. The molecule has 0 aliphatic carbocycles. The number of hydrogen-bond donors (Lipinski definition) is 2. The fourth-order valence-electron chi connectivity index (χ4n) is 6.15. The quantitative estimate of drug-likeness (QED) is 0.585. The second-order valence-corrected chi connectivity index (χ2v) is 12.5. The third kappa shape index (κ3) is 3.85. The lowest BCUT2D eigenvalue weighted by Crippen LogP contribution is -2.58. The van der Waals surface area contributed by atoms with E-state index >= 15 is 0 Å². The molecule has 0 saturated carbocycles. The number of halogens is 1. The van der Waals surface area contributed by atoms with Gasteiger partial charge < -0.3 is 10.1 Å². The van der Waals surface area contributed by atoms with Crippen molar-refractivity contribution < 1.29 is 17.9 Å². The topological polar surface area (TPSA) is 86.3 Å². The summed E-state index contributed by atoms with van der Waals surface area (Å²) in [5.74, 6) is 0.143. The van der Waals surface area contributed by atoms with Gasteiger partial charge in [0, 0.05) is 43.4 Å². The number of nitrogens with zero attached hydrogens (tertiary/aromatic N) is 2. The largest absolute Gasteiger partial charge is 0.384 e. The summed E-state index contributed by atoms with van der Waals surface area (Å²) in [6, 6.07) is 8.03. The van der Waals surface area contributed by atoms with Crippen LogP contribution in [-0.2, 0) is 15.4 Å². The number of fused-ring (bicyclic) bond motifs is 1. The molecule has 5 rings (SSSR count). The Hall–Kier alpha value is -2.29. The summed E-state index contributed by atoms with van der Waals surface area (Å²) in [6.45, 7) is 7.62. The van der Waals surface area contributed by atoms with E-state index in [-0.39, 0.29) is 35.2 Å². The molecule has 0 bridgehead atoms. The first kappa shape index (κ1) is 23.5. The van der Waals surface area contributed by atoms with Gasteiger partial charge in [-0.3, -0.25) is 4.90 Å². The van der Waals surface area contributed by atoms with Gasteiger partial charge in [-0.25, -0.2) is 17.8 Å². The van der Waals surface area contributed by atoms with Crippen LogP contribution in [0.3, 0.4) is 0 Å². The average Bonchev–Trinajstić information content (AvgIpc) is 3.18. The predicted molar refractivity (Wildman–Crippen MR) is 132 cm³/mol. The van der Waals surface area contributed by atoms with Crippen molar-refractivity contribution in [3.05, 3.63) is 53.6 Å². The molecule has 3 aromatic rings. The van der Waals surface area contributed by atoms with Crippen molar-refractivity contribution in [3.8, 4) is 11.1 Å². The summed E-state index contributed by atoms with van der Waals surface area (Å²) in [6.07, 6.45) is 4.33. The van der Waals surface area contributed by atoms with Crippen LogP contribution in [0.5, 0.6) is 0 Å². The predicted octanol–water partition coefficient (Wildman–Crippen LogP) is 4.03. The molecule has 0 amide bonds. The highest BCUT2D eigenvalue weighted by Gasteiger charge is 2.48. The van der Waals surface area contributed by atoms with Crippen LogP contribution in [0.4, 0.5) is 4.39 Å². The van der Waals surface area contributed by atoms with Gasteiger partial charge in [0.05, 0.1) is 22.5 Å². The average molecular weight is 486 g/mol. The molecule has 2 saturated heterocycles. The number of aromatic amines is 1. The maximum absolute atomic E-state index is 14.4. The molecule has 0 unspecified atom stereocenters. The summed E-state index contributed by atoms with van der Waals surface area (Å²) in [5.41, 5.74) is 3.05. The summed E-state index contributed by atoms with van der Waals surface area (Å²) in [7, 11) is -2.90. The zero-order chi connectivity index (χ0) is 24.3. The highest BCUT2D eigenvalue weighted by Crippen LogP contribution is 2.44. The third-order valence-corrected chi connectivity index (χ3v) is 9.77. The molecule has 1 aromatic carbocycles. The first-order chi connectivity index (χ1) is 16.1. The molecule has 6 nitrogen and oxygen atoms in total. The molecular weight excluding hydrogens is 453 g/mol. The molecule has 8 heteroatoms. The molecule has 2 aromatic heterocycles. The minimum Gasteiger partial charge on any atom is -0.384 e. The van der Waals surface area contributed by atoms with E-state index in [0.717, 1.165) is 35.3 Å². The van der Waals surface area contributed by atoms with Crippen LogP contribution in [0.2, 0.25) is 0 Å². The summed E-state index contributed by atoms with van der Waals surface area (Å²) >= 11 is 0. The van der Waals surface area contributed by atoms with Gasteiger partial charge in [-0.1, -0.05) is 32.0 Å². The van der Waals surface area contributed by atoms with Crippen molar-refractivity contribution in [2.45, 2.75) is 45.3 Å². The lowest BCUT2D eigenvalue weighted by atomic mass is 9.69. The van der Waals surface area contributed by atoms with Crippen LogP contribution >= 0.6 is 0 Å². The first-order valence-corrected chi connectivity index (χ1v) is 13.8. The molecule has 0 radical (unpaired) electrons. The second-order valence-electron chi connectivity index (χ2n) is 10.2. The number of pyridine rings is 1. The first-order valence-electron chi connectivity index (χ1n) is 12.0. The van der Waals surface area contributed by atoms with Gasteiger partial charge in [-0.05, 0) is 48.1 Å². The van der Waals surface area contributed by atoms with E-state index in [9.17, 15) is 17.9 Å². The van der Waals surface area contributed by atoms with E-state index in [1.807, 2.05) is 31.2 Å². The number of aliphatic hydroxyl groups is 1. The minimum absolute atomic E-state index is 0.0194. The van der Waals surface area contributed by atoms with E-state index in [1.54, 1.807) is 6.20 Å². The number of hydrogen-bond acceptors (Lipinski definition) is 5. The number of benzene rings is 1. The Bertz CT molecular complexity index is 1310. The number of sulfone groups is 1. The summed E-state index contributed by atoms with van der Waals surface area (Å²) in [5, 5.41) is 12.5. The Morgan fingerprint density at radius 1 is 1.15 bits per heavy atom. The van der Waals surface area contributed by atoms with Gasteiger partial charge in [-0.15, -0.1) is 0 Å². The molecule has 4 heterocycles. The molecule has 0 spiro atoms. The second kappa shape index (κ2) is 8.43. The Morgan fingerprint density at radius 2 is 1.82 bits per heavy atom. The van der Waals surface area contributed by atoms with Crippen molar-refractivity contribution in [1.29, 1.82) is 0 Å². The van der Waals surface area contributed by atoms with E-state index in [1.165, 1.54) is 6.20 Å². The standard InChI is InChI=1S/C26H32FN3O3S/c1-16-12-19(21-6-9-28-25-24(21)23(27)13-29-25)4-5-22(16)26(31)17(2)14-30(15-18(26)3)20-7-10-34(32,33)11-8-20/h4-6,9,12-13,17-18,20,31H,7-8,10-11,14-15H2,1-3H3,(H,28,29)/t17-,18+,26-. The maximum atomic E-state index is 14.4. The van der Waals surface area contributed by atoms with Crippen LogP contribution in [0.1, 0.15) is 37.8 Å². The van der Waals surface area contributed by atoms with Crippen LogP contribution < -0.4 is 0 Å². The molecule has 2 fully saturated rings. The Morgan fingerprint density at radius 3 is 2.47 bits per heavy atom. The SMILES string of the molecule is Cc1cc(-c2ccnc3[nH]cc(F)c23)ccc1[C@@]1(O)[C@H](C)CN(C2CCS(=O)(=O)CC2)C[C@@H]1C. The molecule has 2 aliphatic heterocycles. The molecule has 182 valence electrons. The molecule has 34 heavy (non-hydrogen) atoms. The van der Waals surface area contributed by atoms with Gasteiger partial charge in [0.1, 0.15) is 15.5 Å². The third-order valence-electron chi connectivity index (χ3n) is 8.05. The lowest BCUT2D eigenvalue weighted by molar-refractivity contribution is -0.121. The summed E-state index contributed by atoms with van der Waals surface area (Å²) < 4.78 is 38.1. The van der Waals surface area contributed by atoms with E-state index < -0.39 is 15.4 Å². The molecular formula is C26H32FN3O3S. The number of nitrogens with one attached hydrogen (secondary N) is 1. The number of aryl methyl sites for hydroxylation is 1. The van der Waals surface area contributed by atoms with E-state index in [4.69, 9.17) is 0 Å². The zero-order valence-corrected chi connectivity index (χ0v) is 20.7. The number of rotatable bonds is 3. The van der Waals surface area contributed by atoms with E-state index in [0.29, 0.717) is 23.9 Å². The van der Waals surface area contributed by atoms with Crippen molar-refractivity contribution >= 4 is 20.9 Å². The number of aromatic nitrogens is 2. The number of likely N-dealkylation sites (tertiary alicyclic amines) is 1. The Balaban J connectivity index is 1.43. The lowest BCUT2D eigenvalue weighted by Gasteiger charge is -2.51. The number of piperidine rings is 1. The van der Waals surface area contributed by atoms with Crippen molar-refractivity contribution in [2.24, 2.45) is 11.8 Å². The molecule has 2 aliphatic rings. The maximum Gasteiger partial charge on any atom is 0.150 e. The zero-order valence-electron chi connectivity index (χ0n) is 19.9. The fraction of sp³-hybridized carbons (Fsp3) is 0.500. The molecule has 2 N–H and O–H groups in total. The summed E-state index contributed by atoms with van der Waals surface area (Å²) in [4.78, 5) is 9.46. The van der Waals surface area contributed by atoms with E-state index in [2.05, 4.69) is 28.7 Å². The van der Waals surface area contributed by atoms with Crippen LogP contribution in [0, 0.1) is 24.6 Å². The normalized spacial score (nSPS) is 28.4. The Labute approximate surface area is 200 Å². The highest BCUT2D eigenvalue weighted by molar-refractivity contribution is 7.91. The van der Waals surface area contributed by atoms with Crippen molar-refractivity contribution in [2.75, 3.05) is 24.6 Å². The van der Waals surface area contributed by atoms with Crippen LogP contribution in [0.15, 0.2) is 36.7 Å². The van der Waals surface area contributed by atoms with Crippen molar-refractivity contribution in [1.82, 2.24) is 14.9 Å². The monoisotopic (exact) mass is 485 g/mol. The van der Waals surface area contributed by atoms with Crippen molar-refractivity contribution in [3.63, 3.8) is 0 Å². The Kier molecular flexibility index (Phi) is 5.81. The van der Waals surface area contributed by atoms with Gasteiger partial charge >= 0.3 is 0 Å². The molecule has 3 atom stereocenters. The van der Waals surface area contributed by atoms with Gasteiger partial charge in [0.2, 0.25) is 0 Å². The van der Waals surface area contributed by atoms with Crippen LogP contribution in [-0.4, -0.2) is 59.0 Å². The highest BCUT2D eigenvalue weighted by atomic mass is 32.2. The van der Waals surface area contributed by atoms with Gasteiger partial charge in [0.25, 0.3) is 0 Å². The fourth-order valence-corrected chi connectivity index (χ4v) is 7.62. The van der Waals surface area contributed by atoms with Gasteiger partial charge in [0.15, 0.2) is 5.82 Å². The van der Waals surface area contributed by atoms with Gasteiger partial charge in [-0.2, -0.15) is 0 Å².